The zero-order chi connectivity index (χ0) is 15.6. The molecular weight excluding hydrogens is 291 g/mol. The fourth-order valence-corrected chi connectivity index (χ4v) is 1.66. The van der Waals surface area contributed by atoms with Crippen LogP contribution in [0, 0.1) is 23.0 Å². The maximum absolute atomic E-state index is 13.7. The Bertz CT molecular complexity index is 716. The van der Waals surface area contributed by atoms with E-state index in [9.17, 15) is 22.0 Å². The molecule has 0 spiro atoms. The molecule has 2 rings (SSSR count). The molecule has 0 radical (unpaired) electrons. The Morgan fingerprint density at radius 1 is 1.00 bits per heavy atom. The first-order valence-corrected chi connectivity index (χ1v) is 5.65. The van der Waals surface area contributed by atoms with Crippen molar-refractivity contribution in [1.29, 1.82) is 5.26 Å². The summed E-state index contributed by atoms with van der Waals surface area (Å²) in [6, 6.07) is 7.64. The van der Waals surface area contributed by atoms with Crippen molar-refractivity contribution in [3.63, 3.8) is 0 Å². The fraction of sp³-hybridized carbons (Fsp3) is 0.0714. The van der Waals surface area contributed by atoms with E-state index in [1.807, 2.05) is 0 Å². The Balaban J connectivity index is 2.36. The number of hydrogen-bond donors (Lipinski definition) is 1. The lowest BCUT2D eigenvalue weighted by molar-refractivity contribution is -0.137. The van der Waals surface area contributed by atoms with Gasteiger partial charge in [-0.25, -0.2) is 8.78 Å². The van der Waals surface area contributed by atoms with Gasteiger partial charge in [0.2, 0.25) is 0 Å². The number of nitrogens with one attached hydrogen (secondary N) is 1. The highest BCUT2D eigenvalue weighted by Crippen LogP contribution is 2.32. The summed E-state index contributed by atoms with van der Waals surface area (Å²) in [5, 5.41) is 10.9. The highest BCUT2D eigenvalue weighted by Gasteiger charge is 2.30. The maximum atomic E-state index is 13.7. The van der Waals surface area contributed by atoms with Gasteiger partial charge in [-0.3, -0.25) is 0 Å². The molecule has 0 atom stereocenters. The maximum Gasteiger partial charge on any atom is 0.416 e. The molecule has 0 fully saturated rings. The van der Waals surface area contributed by atoms with Crippen molar-refractivity contribution in [2.24, 2.45) is 0 Å². The van der Waals surface area contributed by atoms with Gasteiger partial charge >= 0.3 is 6.18 Å². The average Bonchev–Trinajstić information content (AvgIpc) is 2.44. The van der Waals surface area contributed by atoms with Crippen LogP contribution in [-0.4, -0.2) is 0 Å². The van der Waals surface area contributed by atoms with Crippen molar-refractivity contribution in [3.05, 3.63) is 59.2 Å². The first-order valence-electron chi connectivity index (χ1n) is 5.65. The van der Waals surface area contributed by atoms with Gasteiger partial charge in [0, 0.05) is 5.69 Å². The monoisotopic (exact) mass is 298 g/mol. The van der Waals surface area contributed by atoms with E-state index in [-0.39, 0.29) is 11.4 Å². The molecule has 1 N–H and O–H groups in total. The highest BCUT2D eigenvalue weighted by atomic mass is 19.4. The van der Waals surface area contributed by atoms with Crippen LogP contribution in [0.1, 0.15) is 11.1 Å². The minimum absolute atomic E-state index is 0.0483. The molecule has 0 aliphatic carbocycles. The lowest BCUT2D eigenvalue weighted by Crippen LogP contribution is -2.05. The molecule has 0 bridgehead atoms. The second kappa shape index (κ2) is 5.40. The van der Waals surface area contributed by atoms with Crippen molar-refractivity contribution in [2.75, 3.05) is 5.32 Å². The standard InChI is InChI=1S/C14H7F5N2/c15-12-8(7-20)4-5-11(13(12)16)21-10-3-1-2-9(6-10)14(17,18)19/h1-6,21H. The predicted molar refractivity (Wildman–Crippen MR) is 65.8 cm³/mol. The Morgan fingerprint density at radius 3 is 2.33 bits per heavy atom. The van der Waals surface area contributed by atoms with E-state index in [2.05, 4.69) is 5.32 Å². The number of rotatable bonds is 2. The number of benzene rings is 2. The van der Waals surface area contributed by atoms with Crippen LogP contribution in [0.2, 0.25) is 0 Å². The molecule has 0 aliphatic rings. The van der Waals surface area contributed by atoms with Crippen molar-refractivity contribution in [2.45, 2.75) is 6.18 Å². The van der Waals surface area contributed by atoms with E-state index in [0.29, 0.717) is 0 Å². The summed E-state index contributed by atoms with van der Waals surface area (Å²) in [5.74, 6) is -2.68. The van der Waals surface area contributed by atoms with Crippen LogP contribution in [-0.2, 0) is 6.18 Å². The minimum Gasteiger partial charge on any atom is -0.353 e. The van der Waals surface area contributed by atoms with E-state index in [1.54, 1.807) is 0 Å². The summed E-state index contributed by atoms with van der Waals surface area (Å²) in [6.07, 6.45) is -4.54. The van der Waals surface area contributed by atoms with Crippen molar-refractivity contribution in [3.8, 4) is 6.07 Å². The summed E-state index contributed by atoms with van der Waals surface area (Å²) in [6.45, 7) is 0. The zero-order valence-electron chi connectivity index (χ0n) is 10.3. The summed E-state index contributed by atoms with van der Waals surface area (Å²) in [7, 11) is 0. The Hall–Kier alpha value is -2.62. The molecule has 0 aromatic heterocycles. The van der Waals surface area contributed by atoms with Gasteiger partial charge in [-0.1, -0.05) is 6.07 Å². The fourth-order valence-electron chi connectivity index (χ4n) is 1.66. The van der Waals surface area contributed by atoms with Gasteiger partial charge in [0.1, 0.15) is 6.07 Å². The summed E-state index contributed by atoms with van der Waals surface area (Å²) >= 11 is 0. The van der Waals surface area contributed by atoms with E-state index < -0.39 is 28.9 Å². The largest absolute Gasteiger partial charge is 0.416 e. The molecule has 2 aromatic carbocycles. The second-order valence-electron chi connectivity index (χ2n) is 4.10. The molecule has 0 saturated heterocycles. The van der Waals surface area contributed by atoms with Crippen molar-refractivity contribution < 1.29 is 22.0 Å². The lowest BCUT2D eigenvalue weighted by atomic mass is 10.1. The zero-order valence-corrected chi connectivity index (χ0v) is 10.3. The van der Waals surface area contributed by atoms with E-state index in [0.717, 1.165) is 30.3 Å². The third-order valence-electron chi connectivity index (χ3n) is 2.67. The van der Waals surface area contributed by atoms with Crippen LogP contribution in [0.25, 0.3) is 0 Å². The average molecular weight is 298 g/mol. The van der Waals surface area contributed by atoms with Crippen LogP contribution >= 0.6 is 0 Å². The Morgan fingerprint density at radius 2 is 1.71 bits per heavy atom. The van der Waals surface area contributed by atoms with Gasteiger partial charge in [-0.05, 0) is 30.3 Å². The predicted octanol–water partition coefficient (Wildman–Crippen LogP) is 4.60. The van der Waals surface area contributed by atoms with Gasteiger partial charge < -0.3 is 5.32 Å². The molecule has 0 unspecified atom stereocenters. The van der Waals surface area contributed by atoms with Gasteiger partial charge in [-0.15, -0.1) is 0 Å². The van der Waals surface area contributed by atoms with Gasteiger partial charge in [0.25, 0.3) is 0 Å². The lowest BCUT2D eigenvalue weighted by Gasteiger charge is -2.11. The molecule has 0 heterocycles. The molecule has 108 valence electrons. The van der Waals surface area contributed by atoms with Crippen LogP contribution in [0.15, 0.2) is 36.4 Å². The summed E-state index contributed by atoms with van der Waals surface area (Å²) < 4.78 is 64.7. The van der Waals surface area contributed by atoms with Crippen molar-refractivity contribution >= 4 is 11.4 Å². The van der Waals surface area contributed by atoms with Gasteiger partial charge in [0.15, 0.2) is 11.6 Å². The normalized spacial score (nSPS) is 11.0. The van der Waals surface area contributed by atoms with Gasteiger partial charge in [0.05, 0.1) is 16.8 Å². The van der Waals surface area contributed by atoms with Gasteiger partial charge in [-0.2, -0.15) is 18.4 Å². The summed E-state index contributed by atoms with van der Waals surface area (Å²) in [4.78, 5) is 0. The van der Waals surface area contributed by atoms with Crippen LogP contribution in [0.5, 0.6) is 0 Å². The molecule has 21 heavy (non-hydrogen) atoms. The first-order chi connectivity index (χ1) is 9.82. The number of nitriles is 1. The van der Waals surface area contributed by atoms with Crippen LogP contribution in [0.4, 0.5) is 33.3 Å². The SMILES string of the molecule is N#Cc1ccc(Nc2cccc(C(F)(F)F)c2)c(F)c1F. The number of hydrogen-bond acceptors (Lipinski definition) is 2. The Labute approximate surface area is 116 Å². The molecule has 2 aromatic rings. The number of nitrogens with zero attached hydrogens (tertiary/aromatic N) is 1. The number of anilines is 2. The molecule has 0 saturated carbocycles. The topological polar surface area (TPSA) is 35.8 Å². The number of alkyl halides is 3. The molecule has 2 nitrogen and oxygen atoms in total. The molecule has 0 amide bonds. The third kappa shape index (κ3) is 3.11. The van der Waals surface area contributed by atoms with E-state index in [1.165, 1.54) is 12.1 Å². The number of halogens is 5. The third-order valence-corrected chi connectivity index (χ3v) is 2.67. The second-order valence-corrected chi connectivity index (χ2v) is 4.10. The van der Waals surface area contributed by atoms with Crippen LogP contribution < -0.4 is 5.32 Å². The first kappa shape index (κ1) is 14.8. The molecule has 7 heteroatoms. The smallest absolute Gasteiger partial charge is 0.353 e. The molecular formula is C14H7F5N2. The Kier molecular flexibility index (Phi) is 3.80. The summed E-state index contributed by atoms with van der Waals surface area (Å²) in [5.41, 5.74) is -1.80. The quantitative estimate of drug-likeness (QED) is 0.822. The van der Waals surface area contributed by atoms with Crippen molar-refractivity contribution in [1.82, 2.24) is 0 Å². The van der Waals surface area contributed by atoms with E-state index in [4.69, 9.17) is 5.26 Å². The highest BCUT2D eigenvalue weighted by molar-refractivity contribution is 5.62. The van der Waals surface area contributed by atoms with E-state index >= 15 is 0 Å². The van der Waals surface area contributed by atoms with Crippen LogP contribution in [0.3, 0.4) is 0 Å². The minimum atomic E-state index is -4.54. The molecule has 0 aliphatic heterocycles.